The molecule has 2 saturated heterocycles. The van der Waals surface area contributed by atoms with Gasteiger partial charge in [0.05, 0.1) is 12.2 Å². The third-order valence-corrected chi connectivity index (χ3v) is 7.64. The number of hydrogen-bond acceptors (Lipinski definition) is 6. The van der Waals surface area contributed by atoms with Crippen molar-refractivity contribution < 1.29 is 32.3 Å². The summed E-state index contributed by atoms with van der Waals surface area (Å²) in [6.45, 7) is 7.70. The van der Waals surface area contributed by atoms with Gasteiger partial charge in [0, 0.05) is 18.0 Å². The number of nitriles is 1. The first-order valence-corrected chi connectivity index (χ1v) is 11.7. The Morgan fingerprint density at radius 2 is 1.97 bits per heavy atom. The van der Waals surface area contributed by atoms with E-state index in [9.17, 15) is 32.8 Å². The first-order chi connectivity index (χ1) is 16.0. The van der Waals surface area contributed by atoms with Gasteiger partial charge in [-0.1, -0.05) is 13.8 Å². The largest absolute Gasteiger partial charge is 0.411 e. The van der Waals surface area contributed by atoms with Crippen LogP contribution < -0.4 is 16.4 Å². The van der Waals surface area contributed by atoms with Gasteiger partial charge >= 0.3 is 6.18 Å². The third kappa shape index (κ3) is 5.72. The molecular weight excluding hydrogens is 467 g/mol. The van der Waals surface area contributed by atoms with Crippen molar-refractivity contribution in [3.63, 3.8) is 0 Å². The number of carbonyl (C=O) groups is 3. The molecule has 0 radical (unpaired) electrons. The zero-order valence-electron chi connectivity index (χ0n) is 20.6. The molecule has 9 nitrogen and oxygen atoms in total. The van der Waals surface area contributed by atoms with E-state index in [0.717, 1.165) is 0 Å². The highest BCUT2D eigenvalue weighted by molar-refractivity contribution is 5.92. The molecule has 7 atom stereocenters. The molecule has 196 valence electrons. The van der Waals surface area contributed by atoms with Crippen molar-refractivity contribution in [2.24, 2.45) is 28.9 Å². The highest BCUT2D eigenvalue weighted by atomic mass is 19.4. The van der Waals surface area contributed by atoms with Crippen molar-refractivity contribution in [3.05, 3.63) is 0 Å². The van der Waals surface area contributed by atoms with Gasteiger partial charge in [-0.25, -0.2) is 0 Å². The van der Waals surface area contributed by atoms with Gasteiger partial charge in [0.15, 0.2) is 0 Å². The second-order valence-electron chi connectivity index (χ2n) is 11.2. The number of amides is 3. The summed E-state index contributed by atoms with van der Waals surface area (Å²) < 4.78 is 42.2. The minimum absolute atomic E-state index is 0.0303. The molecule has 2 aliphatic heterocycles. The van der Waals surface area contributed by atoms with Crippen LogP contribution in [0.5, 0.6) is 0 Å². The van der Waals surface area contributed by atoms with Crippen molar-refractivity contribution in [2.45, 2.75) is 83.4 Å². The fraction of sp³-hybridized carbons (Fsp3) is 0.826. The quantitative estimate of drug-likeness (QED) is 0.455. The predicted molar refractivity (Wildman–Crippen MR) is 118 cm³/mol. The molecule has 4 N–H and O–H groups in total. The standard InChI is InChI=1S/C23H34F3N5O4/c1-11(35-10-23(24,25)26)16(28)20(34)31-9-14-15(22(14,4)5)17(31)19(33)29-13(8-27)6-12-7-21(2,3)30-18(12)32/h11-17H,6-7,9-10,28H2,1-5H3,(H,29,33)(H,30,32)/t11-,12-,13+,14+,15+,16+,17+/m1/s1. The van der Waals surface area contributed by atoms with Gasteiger partial charge in [0.2, 0.25) is 17.7 Å². The zero-order valence-corrected chi connectivity index (χ0v) is 20.6. The Kier molecular flexibility index (Phi) is 7.18. The number of rotatable bonds is 8. The molecule has 0 spiro atoms. The van der Waals surface area contributed by atoms with Gasteiger partial charge in [-0.05, 0) is 50.9 Å². The van der Waals surface area contributed by atoms with E-state index in [1.807, 2.05) is 33.8 Å². The Hall–Kier alpha value is -2.39. The number of nitrogens with one attached hydrogen (secondary N) is 2. The van der Waals surface area contributed by atoms with Crippen LogP contribution >= 0.6 is 0 Å². The summed E-state index contributed by atoms with van der Waals surface area (Å²) >= 11 is 0. The van der Waals surface area contributed by atoms with E-state index in [1.54, 1.807) is 0 Å². The van der Waals surface area contributed by atoms with Crippen molar-refractivity contribution >= 4 is 17.7 Å². The number of nitrogens with two attached hydrogens (primary N) is 1. The molecule has 35 heavy (non-hydrogen) atoms. The summed E-state index contributed by atoms with van der Waals surface area (Å²) in [6, 6.07) is -1.20. The number of ether oxygens (including phenoxy) is 1. The molecule has 0 aromatic rings. The molecule has 12 heteroatoms. The first kappa shape index (κ1) is 27.2. The van der Waals surface area contributed by atoms with Gasteiger partial charge in [0.25, 0.3) is 0 Å². The van der Waals surface area contributed by atoms with Crippen molar-refractivity contribution in [2.75, 3.05) is 13.2 Å². The number of carbonyl (C=O) groups excluding carboxylic acids is 3. The van der Waals surface area contributed by atoms with Crippen molar-refractivity contribution in [1.29, 1.82) is 5.26 Å². The van der Waals surface area contributed by atoms with Gasteiger partial charge in [0.1, 0.15) is 24.7 Å². The third-order valence-electron chi connectivity index (χ3n) is 7.64. The van der Waals surface area contributed by atoms with Crippen LogP contribution in [0.25, 0.3) is 0 Å². The molecule has 0 bridgehead atoms. The molecule has 3 aliphatic rings. The van der Waals surface area contributed by atoms with Crippen LogP contribution in [0.3, 0.4) is 0 Å². The Labute approximate surface area is 202 Å². The molecule has 1 saturated carbocycles. The van der Waals surface area contributed by atoms with Crippen LogP contribution in [0, 0.1) is 34.5 Å². The van der Waals surface area contributed by atoms with Crippen LogP contribution in [0.4, 0.5) is 13.2 Å². The van der Waals surface area contributed by atoms with Crippen LogP contribution in [0.15, 0.2) is 0 Å². The van der Waals surface area contributed by atoms with E-state index >= 15 is 0 Å². The average molecular weight is 502 g/mol. The lowest BCUT2D eigenvalue weighted by Crippen LogP contribution is -2.57. The molecular formula is C23H34F3N5O4. The summed E-state index contributed by atoms with van der Waals surface area (Å²) in [4.78, 5) is 39.9. The number of alkyl halides is 3. The Balaban J connectivity index is 1.69. The van der Waals surface area contributed by atoms with Crippen LogP contribution in [-0.2, 0) is 19.1 Å². The lowest BCUT2D eigenvalue weighted by atomic mass is 9.91. The second-order valence-corrected chi connectivity index (χ2v) is 11.2. The summed E-state index contributed by atoms with van der Waals surface area (Å²) in [6.07, 6.45) is -5.11. The lowest BCUT2D eigenvalue weighted by Gasteiger charge is -2.33. The van der Waals surface area contributed by atoms with E-state index in [-0.39, 0.29) is 36.1 Å². The monoisotopic (exact) mass is 501 g/mol. The maximum Gasteiger partial charge on any atom is 0.411 e. The summed E-state index contributed by atoms with van der Waals surface area (Å²) in [5.41, 5.74) is 5.32. The highest BCUT2D eigenvalue weighted by Crippen LogP contribution is 2.64. The molecule has 3 fully saturated rings. The van der Waals surface area contributed by atoms with Crippen LogP contribution in [-0.4, -0.2) is 71.7 Å². The van der Waals surface area contributed by atoms with Gasteiger partial charge in [-0.3, -0.25) is 14.4 Å². The Bertz CT molecular complexity index is 916. The molecule has 0 unspecified atom stereocenters. The predicted octanol–water partition coefficient (Wildman–Crippen LogP) is 1.08. The maximum absolute atomic E-state index is 13.3. The number of halogens is 3. The van der Waals surface area contributed by atoms with Gasteiger partial charge in [-0.15, -0.1) is 0 Å². The minimum atomic E-state index is -4.56. The van der Waals surface area contributed by atoms with Crippen LogP contribution in [0.1, 0.15) is 47.5 Å². The van der Waals surface area contributed by atoms with Crippen molar-refractivity contribution in [1.82, 2.24) is 15.5 Å². The average Bonchev–Trinajstić information content (AvgIpc) is 3.05. The molecule has 0 aromatic carbocycles. The van der Waals surface area contributed by atoms with E-state index in [1.165, 1.54) is 11.8 Å². The maximum atomic E-state index is 13.3. The Morgan fingerprint density at radius 1 is 1.34 bits per heavy atom. The first-order valence-electron chi connectivity index (χ1n) is 11.7. The van der Waals surface area contributed by atoms with Crippen molar-refractivity contribution in [3.8, 4) is 6.07 Å². The lowest BCUT2D eigenvalue weighted by molar-refractivity contribution is -0.187. The zero-order chi connectivity index (χ0) is 26.5. The number of piperidine rings is 1. The van der Waals surface area contributed by atoms with E-state index < -0.39 is 60.3 Å². The number of nitrogens with zero attached hydrogens (tertiary/aromatic N) is 2. The fourth-order valence-electron chi connectivity index (χ4n) is 5.61. The fourth-order valence-corrected chi connectivity index (χ4v) is 5.61. The van der Waals surface area contributed by atoms with Gasteiger partial charge < -0.3 is 26.0 Å². The van der Waals surface area contributed by atoms with E-state index in [0.29, 0.717) is 6.42 Å². The number of fused-ring (bicyclic) bond motifs is 1. The summed E-state index contributed by atoms with van der Waals surface area (Å²) in [5.74, 6) is -1.95. The normalized spacial score (nSPS) is 31.1. The minimum Gasteiger partial charge on any atom is -0.367 e. The Morgan fingerprint density at radius 3 is 2.49 bits per heavy atom. The summed E-state index contributed by atoms with van der Waals surface area (Å²) in [7, 11) is 0. The molecule has 3 rings (SSSR count). The number of hydrogen-bond donors (Lipinski definition) is 3. The second kappa shape index (κ2) is 9.24. The summed E-state index contributed by atoms with van der Waals surface area (Å²) in [5, 5.41) is 15.2. The van der Waals surface area contributed by atoms with Gasteiger partial charge in [-0.2, -0.15) is 18.4 Å². The molecule has 0 aromatic heterocycles. The van der Waals surface area contributed by atoms with E-state index in [4.69, 9.17) is 10.5 Å². The highest BCUT2D eigenvalue weighted by Gasteiger charge is 2.69. The van der Waals surface area contributed by atoms with E-state index in [2.05, 4.69) is 10.6 Å². The molecule has 3 amide bonds. The smallest absolute Gasteiger partial charge is 0.367 e. The molecule has 2 heterocycles. The number of likely N-dealkylation sites (tertiary alicyclic amines) is 1. The molecule has 1 aliphatic carbocycles. The SMILES string of the molecule is C[C@@H](OCC(F)(F)F)[C@H](N)C(=O)N1C[C@H]2[C@@H]([C@H]1C(=O)N[C@H](C#N)C[C@@H]1CC(C)(C)NC1=O)C2(C)C. The van der Waals surface area contributed by atoms with Crippen LogP contribution in [0.2, 0.25) is 0 Å². The topological polar surface area (TPSA) is 138 Å².